The van der Waals surface area contributed by atoms with Gasteiger partial charge in [0.1, 0.15) is 5.75 Å². The second-order valence-electron chi connectivity index (χ2n) is 6.10. The molecule has 0 spiro atoms. The zero-order valence-corrected chi connectivity index (χ0v) is 17.1. The van der Waals surface area contributed by atoms with Crippen molar-refractivity contribution < 1.29 is 17.9 Å². The van der Waals surface area contributed by atoms with Gasteiger partial charge in [-0.15, -0.1) is 37.1 Å². The quantitative estimate of drug-likeness (QED) is 0.366. The van der Waals surface area contributed by atoms with Crippen LogP contribution >= 0.6 is 24.0 Å². The van der Waals surface area contributed by atoms with Crippen LogP contribution in [0.25, 0.3) is 0 Å². The van der Waals surface area contributed by atoms with E-state index in [4.69, 9.17) is 0 Å². The highest BCUT2D eigenvalue weighted by Gasteiger charge is 2.42. The Labute approximate surface area is 173 Å². The number of hydrogen-bond acceptors (Lipinski definition) is 2. The van der Waals surface area contributed by atoms with Crippen LogP contribution in [0.3, 0.4) is 0 Å². The molecule has 3 rings (SSSR count). The number of halogens is 4. The number of alkyl halides is 3. The monoisotopic (exact) mass is 494 g/mol. The number of guanidine groups is 1. The first-order chi connectivity index (χ1) is 12.5. The van der Waals surface area contributed by atoms with Crippen LogP contribution in [-0.2, 0) is 6.54 Å². The summed E-state index contributed by atoms with van der Waals surface area (Å²) < 4.78 is 43.9. The van der Waals surface area contributed by atoms with Crippen molar-refractivity contribution in [2.75, 3.05) is 13.6 Å². The molecule has 5 nitrogen and oxygen atoms in total. The summed E-state index contributed by atoms with van der Waals surface area (Å²) in [6.07, 6.45) is -0.000740. The molecule has 0 bridgehead atoms. The van der Waals surface area contributed by atoms with Gasteiger partial charge in [0.25, 0.3) is 0 Å². The molecule has 1 aromatic heterocycles. The first-order valence-electron chi connectivity index (χ1n) is 8.39. The van der Waals surface area contributed by atoms with Crippen molar-refractivity contribution in [1.29, 1.82) is 0 Å². The van der Waals surface area contributed by atoms with Crippen molar-refractivity contribution >= 4 is 29.9 Å². The van der Waals surface area contributed by atoms with Gasteiger partial charge in [-0.05, 0) is 30.2 Å². The molecule has 27 heavy (non-hydrogen) atoms. The van der Waals surface area contributed by atoms with Crippen molar-refractivity contribution in [3.05, 3.63) is 54.4 Å². The summed E-state index contributed by atoms with van der Waals surface area (Å²) in [6, 6.07) is 10.2. The fourth-order valence-electron chi connectivity index (χ4n) is 2.90. The lowest BCUT2D eigenvalue weighted by Crippen LogP contribution is -2.40. The summed E-state index contributed by atoms with van der Waals surface area (Å²) in [6.45, 7) is 1.49. The van der Waals surface area contributed by atoms with E-state index in [0.717, 1.165) is 13.0 Å². The molecular weight excluding hydrogens is 472 g/mol. The Balaban J connectivity index is 0.00000261. The van der Waals surface area contributed by atoms with Gasteiger partial charge in [-0.1, -0.05) is 18.2 Å². The molecule has 1 aliphatic carbocycles. The van der Waals surface area contributed by atoms with Crippen molar-refractivity contribution in [1.82, 2.24) is 15.2 Å². The van der Waals surface area contributed by atoms with E-state index in [-0.39, 0.29) is 41.7 Å². The summed E-state index contributed by atoms with van der Waals surface area (Å²) in [5.74, 6) is 0.472. The van der Waals surface area contributed by atoms with Crippen LogP contribution in [0, 0.1) is 0 Å². The molecule has 9 heteroatoms. The first-order valence-corrected chi connectivity index (χ1v) is 8.39. The lowest BCUT2D eigenvalue weighted by Gasteiger charge is -2.14. The number of aliphatic imine (C=N–C) groups is 1. The Morgan fingerprint density at radius 3 is 2.59 bits per heavy atom. The van der Waals surface area contributed by atoms with Crippen LogP contribution in [0.15, 0.2) is 53.8 Å². The van der Waals surface area contributed by atoms with E-state index in [1.165, 1.54) is 12.1 Å². The minimum Gasteiger partial charge on any atom is -0.405 e. The van der Waals surface area contributed by atoms with Crippen LogP contribution in [-0.4, -0.2) is 36.5 Å². The van der Waals surface area contributed by atoms with Crippen molar-refractivity contribution in [2.24, 2.45) is 4.99 Å². The SMILES string of the molecule is CN=C(NCCn1cccc1)NC1CC1c1ccccc1OC(F)(F)F.I. The fraction of sp³-hybridized carbons (Fsp3) is 0.389. The maximum Gasteiger partial charge on any atom is 0.573 e. The van der Waals surface area contributed by atoms with Crippen molar-refractivity contribution in [2.45, 2.75) is 31.3 Å². The third-order valence-electron chi connectivity index (χ3n) is 4.21. The van der Waals surface area contributed by atoms with Crippen LogP contribution in [0.2, 0.25) is 0 Å². The van der Waals surface area contributed by atoms with Gasteiger partial charge in [-0.25, -0.2) is 0 Å². The van der Waals surface area contributed by atoms with E-state index in [2.05, 4.69) is 20.4 Å². The topological polar surface area (TPSA) is 50.6 Å². The van der Waals surface area contributed by atoms with Crippen LogP contribution in [0.5, 0.6) is 5.75 Å². The van der Waals surface area contributed by atoms with Gasteiger partial charge in [0, 0.05) is 44.5 Å². The Kier molecular flexibility index (Phi) is 7.40. The number of ether oxygens (including phenoxy) is 1. The number of nitrogens with zero attached hydrogens (tertiary/aromatic N) is 2. The highest BCUT2D eigenvalue weighted by atomic mass is 127. The van der Waals surface area contributed by atoms with Crippen molar-refractivity contribution in [3.63, 3.8) is 0 Å². The highest BCUT2D eigenvalue weighted by Crippen LogP contribution is 2.45. The number of aromatic nitrogens is 1. The van der Waals surface area contributed by atoms with Gasteiger partial charge >= 0.3 is 6.36 Å². The van der Waals surface area contributed by atoms with E-state index in [9.17, 15) is 13.2 Å². The molecule has 1 heterocycles. The minimum absolute atomic E-state index is 0. The van der Waals surface area contributed by atoms with Crippen molar-refractivity contribution in [3.8, 4) is 5.75 Å². The predicted molar refractivity (Wildman–Crippen MR) is 109 cm³/mol. The molecule has 1 fully saturated rings. The molecule has 1 aliphatic rings. The van der Waals surface area contributed by atoms with Gasteiger partial charge in [-0.3, -0.25) is 4.99 Å². The summed E-state index contributed by atoms with van der Waals surface area (Å²) in [5.41, 5.74) is 0.560. The molecule has 1 aromatic carbocycles. The van der Waals surface area contributed by atoms with Gasteiger partial charge < -0.3 is 19.9 Å². The molecule has 0 saturated heterocycles. The Morgan fingerprint density at radius 2 is 1.93 bits per heavy atom. The summed E-state index contributed by atoms with van der Waals surface area (Å²) >= 11 is 0. The Hall–Kier alpha value is -1.91. The number of rotatable bonds is 6. The smallest absolute Gasteiger partial charge is 0.405 e. The molecule has 0 radical (unpaired) electrons. The zero-order chi connectivity index (χ0) is 18.6. The molecule has 2 N–H and O–H groups in total. The number of hydrogen-bond donors (Lipinski definition) is 2. The fourth-order valence-corrected chi connectivity index (χ4v) is 2.90. The van der Waals surface area contributed by atoms with Crippen LogP contribution in [0.4, 0.5) is 13.2 Å². The molecule has 2 unspecified atom stereocenters. The van der Waals surface area contributed by atoms with Gasteiger partial charge in [0.2, 0.25) is 0 Å². The van der Waals surface area contributed by atoms with E-state index >= 15 is 0 Å². The molecule has 2 atom stereocenters. The number of nitrogens with one attached hydrogen (secondary N) is 2. The average molecular weight is 494 g/mol. The van der Waals surface area contributed by atoms with Gasteiger partial charge in [0.05, 0.1) is 0 Å². The van der Waals surface area contributed by atoms with Gasteiger partial charge in [0.15, 0.2) is 5.96 Å². The van der Waals surface area contributed by atoms with E-state index < -0.39 is 6.36 Å². The maximum atomic E-state index is 12.6. The summed E-state index contributed by atoms with van der Waals surface area (Å²) in [7, 11) is 1.67. The summed E-state index contributed by atoms with van der Waals surface area (Å²) in [4.78, 5) is 4.17. The molecular formula is C18H22F3IN4O. The molecule has 148 valence electrons. The standard InChI is InChI=1S/C18H21F3N4O.HI/c1-22-17(23-8-11-25-9-4-5-10-25)24-15-12-14(15)13-6-2-3-7-16(13)26-18(19,20)21;/h2-7,9-10,14-15H,8,11-12H2,1H3,(H2,22,23,24);1H. The van der Waals surface area contributed by atoms with E-state index in [0.29, 0.717) is 18.1 Å². The molecule has 0 amide bonds. The van der Waals surface area contributed by atoms with Crippen LogP contribution < -0.4 is 15.4 Å². The molecule has 0 aliphatic heterocycles. The third-order valence-corrected chi connectivity index (χ3v) is 4.21. The third kappa shape index (κ3) is 6.33. The normalized spacial score (nSPS) is 19.2. The lowest BCUT2D eigenvalue weighted by atomic mass is 10.1. The van der Waals surface area contributed by atoms with E-state index in [1.54, 1.807) is 19.2 Å². The molecule has 2 aromatic rings. The van der Waals surface area contributed by atoms with E-state index in [1.807, 2.05) is 29.1 Å². The second-order valence-corrected chi connectivity index (χ2v) is 6.10. The largest absolute Gasteiger partial charge is 0.573 e. The highest BCUT2D eigenvalue weighted by molar-refractivity contribution is 14.0. The Bertz CT molecular complexity index is 749. The second kappa shape index (κ2) is 9.34. The van der Waals surface area contributed by atoms with Gasteiger partial charge in [-0.2, -0.15) is 0 Å². The minimum atomic E-state index is -4.69. The number of para-hydroxylation sites is 1. The summed E-state index contributed by atoms with van der Waals surface area (Å²) in [5, 5.41) is 6.46. The average Bonchev–Trinajstić information content (AvgIpc) is 3.14. The first kappa shape index (κ1) is 21.4. The predicted octanol–water partition coefficient (Wildman–Crippen LogP) is 3.73. The Morgan fingerprint density at radius 1 is 1.22 bits per heavy atom. The lowest BCUT2D eigenvalue weighted by molar-refractivity contribution is -0.274. The number of benzene rings is 1. The zero-order valence-electron chi connectivity index (χ0n) is 14.7. The van der Waals surface area contributed by atoms with Crippen LogP contribution in [0.1, 0.15) is 17.9 Å². The molecule has 1 saturated carbocycles. The maximum absolute atomic E-state index is 12.6.